The Kier molecular flexibility index (Phi) is 20.2. The number of ether oxygens (including phenoxy) is 7. The van der Waals surface area contributed by atoms with Crippen molar-refractivity contribution in [2.24, 2.45) is 17.8 Å². The first kappa shape index (κ1) is 59.9. The number of rotatable bonds is 15. The Morgan fingerprint density at radius 3 is 2.29 bits per heavy atom. The van der Waals surface area contributed by atoms with E-state index in [9.17, 15) is 38.4 Å². The second-order valence-electron chi connectivity index (χ2n) is 22.1. The maximum Gasteiger partial charge on any atom is 0.312 e. The van der Waals surface area contributed by atoms with E-state index in [1.807, 2.05) is 50.4 Å². The summed E-state index contributed by atoms with van der Waals surface area (Å²) in [5.41, 5.74) is -2.54. The van der Waals surface area contributed by atoms with Crippen molar-refractivity contribution in [2.45, 2.75) is 188 Å². The first-order chi connectivity index (χ1) is 34.1. The monoisotopic (exact) mass is 1150 g/mol. The lowest BCUT2D eigenvalue weighted by molar-refractivity contribution is -0.308. The van der Waals surface area contributed by atoms with E-state index >= 15 is 0 Å². The van der Waals surface area contributed by atoms with Gasteiger partial charge >= 0.3 is 5.97 Å². The Morgan fingerprint density at radius 2 is 1.67 bits per heavy atom. The van der Waals surface area contributed by atoms with Crippen LogP contribution in [0.5, 0.6) is 0 Å². The summed E-state index contributed by atoms with van der Waals surface area (Å²) in [7, 11) is 6.65. The molecule has 2 aromatic rings. The van der Waals surface area contributed by atoms with Crippen LogP contribution in [0.4, 0.5) is 18.9 Å². The molecule has 6 rings (SSSR count). The van der Waals surface area contributed by atoms with Crippen molar-refractivity contribution in [3.05, 3.63) is 41.7 Å². The van der Waals surface area contributed by atoms with Crippen LogP contribution in [0.3, 0.4) is 0 Å². The second kappa shape index (κ2) is 24.6. The minimum absolute atomic E-state index is 0.0487. The van der Waals surface area contributed by atoms with Crippen molar-refractivity contribution in [1.29, 1.82) is 0 Å². The van der Waals surface area contributed by atoms with Crippen molar-refractivity contribution in [1.82, 2.24) is 24.8 Å². The number of halogens is 4. The van der Waals surface area contributed by atoms with Crippen LogP contribution in [-0.4, -0.2) is 195 Å². The van der Waals surface area contributed by atoms with Crippen LogP contribution in [0.25, 0.3) is 0 Å². The molecule has 4 N–H and O–H groups in total. The van der Waals surface area contributed by atoms with Gasteiger partial charge in [-0.25, -0.2) is 17.9 Å². The molecule has 4 aliphatic rings. The van der Waals surface area contributed by atoms with Crippen LogP contribution in [0.15, 0.2) is 30.5 Å². The molecular formula is C51H82F3IN6O12. The third-order valence-electron chi connectivity index (χ3n) is 15.7. The van der Waals surface area contributed by atoms with Gasteiger partial charge in [-0.05, 0) is 115 Å². The molecule has 0 bridgehead atoms. The number of benzene rings is 1. The lowest BCUT2D eigenvalue weighted by atomic mass is 9.77. The van der Waals surface area contributed by atoms with Gasteiger partial charge in [-0.15, -0.1) is 5.10 Å². The van der Waals surface area contributed by atoms with E-state index < -0.39 is 107 Å². The molecule has 4 saturated heterocycles. The molecule has 0 spiro atoms. The molecule has 18 nitrogen and oxygen atoms in total. The molecular weight excluding hydrogens is 1070 g/mol. The van der Waals surface area contributed by atoms with Crippen LogP contribution in [0.1, 0.15) is 111 Å². The largest absolute Gasteiger partial charge is 0.448 e. The zero-order chi connectivity index (χ0) is 54.0. The molecule has 5 heterocycles. The standard InChI is InChI=1S/C51H82F3IN6O12/c1-29-23-48(6,65)44(31(3)41(71-40-24-49(7,68-12)43(62)33(5)70-40)32(4)45(63)73-46(55)50(8,66)47(64)59(10)26-29)72-39-22-37(21-30(2)69-39)58(9)19-17-35-27-61(57-56-35)38(25-52)42(67-11)34-13-15-36(16-14-34)60-20-18-51(53,54)28-60/h13-16,27,29-33,37-44,46-47,62,64-66H,17-26,28H2,1-12H3/t29-,30-,31+,32-,33+,37+,38-,39+,40+,41+,42-,43+,44-,46+,47+,48-,49-,50-/m1/s1. The summed E-state index contributed by atoms with van der Waals surface area (Å²) in [6.45, 7) is 13.9. The van der Waals surface area contributed by atoms with Crippen LogP contribution >= 0.6 is 22.6 Å². The van der Waals surface area contributed by atoms with E-state index in [-0.39, 0.29) is 57.0 Å². The predicted octanol–water partition coefficient (Wildman–Crippen LogP) is 5.43. The number of aromatic nitrogens is 3. The summed E-state index contributed by atoms with van der Waals surface area (Å²) < 4.78 is 86.9. The number of hydrogen-bond acceptors (Lipinski definition) is 17. The molecule has 73 heavy (non-hydrogen) atoms. The first-order valence-electron chi connectivity index (χ1n) is 25.6. The van der Waals surface area contributed by atoms with Gasteiger partial charge in [-0.3, -0.25) is 9.69 Å². The molecule has 4 fully saturated rings. The van der Waals surface area contributed by atoms with Crippen LogP contribution in [0, 0.1) is 17.8 Å². The Bertz CT molecular complexity index is 2080. The average molecular weight is 1160 g/mol. The highest BCUT2D eigenvalue weighted by molar-refractivity contribution is 14.1. The molecule has 1 aromatic carbocycles. The number of methoxy groups -OCH3 is 2. The number of hydrogen-bond donors (Lipinski definition) is 4. The van der Waals surface area contributed by atoms with Gasteiger partial charge in [0, 0.05) is 83.4 Å². The summed E-state index contributed by atoms with van der Waals surface area (Å²) in [6, 6.07) is 6.16. The number of carbonyl (C=O) groups excluding carboxylic acids is 1. The molecule has 0 amide bonds. The fourth-order valence-electron chi connectivity index (χ4n) is 11.4. The summed E-state index contributed by atoms with van der Waals surface area (Å²) in [5.74, 6) is -5.47. The molecule has 18 atom stereocenters. The SMILES string of the molecule is CO[C@H](c1ccc(N2CCC(F)(F)C2)cc1)[C@@H](CF)n1cc(CCN(C)[C@@H]2C[C@H](O[C@@H]3[C@@H](C)[C@H](O[C@H]4C[C@@](C)(OC)[C@@H](O)[C@H](C)O4)[C@@H](C)C(=O)O[C@H](I)[C@@](C)(O)[C@H](O)N(C)C[C@H](C)C[C@@]3(C)O)O[C@H](C)C2)nn1. The highest BCUT2D eigenvalue weighted by Gasteiger charge is 2.52. The summed E-state index contributed by atoms with van der Waals surface area (Å²) >= 11 is 1.81. The number of aliphatic hydroxyl groups is 4. The number of alkyl halides is 4. The number of esters is 1. The van der Waals surface area contributed by atoms with Gasteiger partial charge in [-0.2, -0.15) is 0 Å². The van der Waals surface area contributed by atoms with Crippen molar-refractivity contribution in [3.63, 3.8) is 0 Å². The summed E-state index contributed by atoms with van der Waals surface area (Å²) in [6.07, 6.45) is -4.53. The van der Waals surface area contributed by atoms with Crippen LogP contribution in [-0.2, 0) is 44.4 Å². The van der Waals surface area contributed by atoms with Crippen LogP contribution < -0.4 is 4.90 Å². The molecule has 0 aliphatic carbocycles. The molecule has 4 aliphatic heterocycles. The highest BCUT2D eigenvalue weighted by Crippen LogP contribution is 2.41. The number of likely N-dealkylation sites (N-methyl/N-ethyl adjacent to an activating group) is 2. The Hall–Kier alpha value is -2.33. The lowest BCUT2D eigenvalue weighted by Crippen LogP contribution is -2.60. The molecule has 1 aromatic heterocycles. The number of carbonyl (C=O) groups is 1. The van der Waals surface area contributed by atoms with E-state index in [1.165, 1.54) is 25.8 Å². The summed E-state index contributed by atoms with van der Waals surface area (Å²) in [4.78, 5) is 19.6. The first-order valence-corrected chi connectivity index (χ1v) is 26.8. The minimum atomic E-state index is -2.73. The van der Waals surface area contributed by atoms with E-state index in [0.29, 0.717) is 42.8 Å². The highest BCUT2D eigenvalue weighted by atomic mass is 127. The van der Waals surface area contributed by atoms with Gasteiger partial charge in [0.2, 0.25) is 0 Å². The van der Waals surface area contributed by atoms with Crippen molar-refractivity contribution in [3.8, 4) is 0 Å². The third kappa shape index (κ3) is 14.2. The number of aliphatic hydroxyl groups excluding tert-OH is 2. The number of cyclic esters (lactones) is 1. The maximum absolute atomic E-state index is 14.8. The fraction of sp³-hybridized carbons (Fsp3) is 0.824. The normalized spacial score (nSPS) is 39.3. The minimum Gasteiger partial charge on any atom is -0.448 e. The van der Waals surface area contributed by atoms with Crippen molar-refractivity contribution >= 4 is 34.2 Å². The van der Waals surface area contributed by atoms with Gasteiger partial charge < -0.3 is 63.4 Å². The Morgan fingerprint density at radius 1 is 0.986 bits per heavy atom. The zero-order valence-electron chi connectivity index (χ0n) is 44.6. The second-order valence-corrected chi connectivity index (χ2v) is 23.3. The number of anilines is 1. The molecule has 416 valence electrons. The summed E-state index contributed by atoms with van der Waals surface area (Å²) in [5, 5.41) is 55.4. The molecule has 0 saturated carbocycles. The van der Waals surface area contributed by atoms with Gasteiger partial charge in [0.05, 0.1) is 53.8 Å². The average Bonchev–Trinajstić information content (AvgIpc) is 3.96. The van der Waals surface area contributed by atoms with Gasteiger partial charge in [-0.1, -0.05) is 31.2 Å². The van der Waals surface area contributed by atoms with Crippen molar-refractivity contribution < 1.29 is 71.5 Å². The van der Waals surface area contributed by atoms with E-state index in [2.05, 4.69) is 15.2 Å². The maximum atomic E-state index is 14.8. The van der Waals surface area contributed by atoms with E-state index in [0.717, 1.165) is 0 Å². The van der Waals surface area contributed by atoms with E-state index in [1.54, 1.807) is 75.0 Å². The van der Waals surface area contributed by atoms with Gasteiger partial charge in [0.15, 0.2) is 16.7 Å². The third-order valence-corrected chi connectivity index (χ3v) is 17.3. The number of nitrogens with zero attached hydrogens (tertiary/aromatic N) is 6. The van der Waals surface area contributed by atoms with Crippen molar-refractivity contribution in [2.75, 3.05) is 66.1 Å². The van der Waals surface area contributed by atoms with E-state index in [4.69, 9.17) is 33.2 Å². The lowest BCUT2D eigenvalue weighted by Gasteiger charge is -2.48. The Labute approximate surface area is 442 Å². The quantitative estimate of drug-likeness (QED) is 0.0998. The van der Waals surface area contributed by atoms with Crippen LogP contribution in [0.2, 0.25) is 0 Å². The zero-order valence-corrected chi connectivity index (χ0v) is 46.7. The molecule has 0 radical (unpaired) electrons. The predicted molar refractivity (Wildman–Crippen MR) is 273 cm³/mol. The molecule has 22 heteroatoms. The van der Waals surface area contributed by atoms with Gasteiger partial charge in [0.1, 0.15) is 36.8 Å². The fourth-order valence-corrected chi connectivity index (χ4v) is 11.9. The molecule has 0 unspecified atom stereocenters. The van der Waals surface area contributed by atoms with Gasteiger partial charge in [0.25, 0.3) is 5.92 Å². The smallest absolute Gasteiger partial charge is 0.312 e. The topological polar surface area (TPSA) is 203 Å². The Balaban J connectivity index is 1.20.